The van der Waals surface area contributed by atoms with Gasteiger partial charge in [-0.3, -0.25) is 0 Å². The average Bonchev–Trinajstić information content (AvgIpc) is 2.90. The third kappa shape index (κ3) is 7.30. The Balaban J connectivity index is -0.000000640. The third-order valence-electron chi connectivity index (χ3n) is 3.24. The molecule has 0 aromatic heterocycles. The van der Waals surface area contributed by atoms with Gasteiger partial charge in [0.2, 0.25) is 0 Å². The van der Waals surface area contributed by atoms with E-state index in [1.165, 1.54) is 0 Å². The van der Waals surface area contributed by atoms with Crippen LogP contribution in [0.1, 0.15) is 12.8 Å². The molecule has 0 unspecified atom stereocenters. The largest absolute Gasteiger partial charge is 3.00 e. The summed E-state index contributed by atoms with van der Waals surface area (Å²) in [5.41, 5.74) is 0. The van der Waals surface area contributed by atoms with Crippen LogP contribution in [-0.2, 0) is 26.2 Å². The van der Waals surface area contributed by atoms with Crippen molar-refractivity contribution in [3.8, 4) is 0 Å². The van der Waals surface area contributed by atoms with Crippen LogP contribution in [0.25, 0.3) is 0 Å². The zero-order valence-electron chi connectivity index (χ0n) is 10.6. The molecule has 5 heteroatoms. The smallest absolute Gasteiger partial charge is 1.00 e. The molecule has 2 aliphatic carbocycles. The number of rotatable bonds is 5. The molecule has 0 amide bonds. The van der Waals surface area contributed by atoms with E-state index in [2.05, 4.69) is 48.6 Å². The molecule has 0 aromatic rings. The quantitative estimate of drug-likeness (QED) is 0.488. The number of aliphatic hydroxyl groups excluding tert-OH is 1. The fourth-order valence-corrected chi connectivity index (χ4v) is 2.44. The molecule has 0 saturated heterocycles. The van der Waals surface area contributed by atoms with E-state index < -0.39 is 0 Å². The van der Waals surface area contributed by atoms with Crippen molar-refractivity contribution in [1.82, 2.24) is 0 Å². The Morgan fingerprint density at radius 1 is 0.789 bits per heavy atom. The van der Waals surface area contributed by atoms with Gasteiger partial charge >= 0.3 is 26.2 Å². The second kappa shape index (κ2) is 13.6. The zero-order valence-corrected chi connectivity index (χ0v) is 15.3. The van der Waals surface area contributed by atoms with E-state index in [0.29, 0.717) is 24.4 Å². The van der Waals surface area contributed by atoms with Gasteiger partial charge in [0.25, 0.3) is 0 Å². The minimum Gasteiger partial charge on any atom is -1.00 e. The van der Waals surface area contributed by atoms with Crippen LogP contribution in [-0.4, -0.2) is 11.7 Å². The summed E-state index contributed by atoms with van der Waals surface area (Å²) in [5, 5.41) is 8.93. The summed E-state index contributed by atoms with van der Waals surface area (Å²) in [5.74, 6) is 1.71. The van der Waals surface area contributed by atoms with Crippen LogP contribution in [0, 0.1) is 17.8 Å². The molecule has 105 valence electrons. The molecule has 2 rings (SSSR count). The van der Waals surface area contributed by atoms with Crippen LogP contribution in [0.4, 0.5) is 0 Å². The molecule has 0 aliphatic heterocycles. The van der Waals surface area contributed by atoms with Gasteiger partial charge in [-0.25, -0.2) is 0 Å². The van der Waals surface area contributed by atoms with Gasteiger partial charge in [0.05, 0.1) is 0 Å². The Hall–Kier alpha value is 0.673. The van der Waals surface area contributed by atoms with E-state index in [0.717, 1.165) is 12.8 Å². The molecule has 0 aromatic carbocycles. The van der Waals surface area contributed by atoms with Crippen LogP contribution in [0.5, 0.6) is 0 Å². The predicted octanol–water partition coefficient (Wildman–Crippen LogP) is -6.13. The second-order valence-corrected chi connectivity index (χ2v) is 4.22. The Morgan fingerprint density at radius 2 is 1.16 bits per heavy atom. The first-order valence-corrected chi connectivity index (χ1v) is 5.72. The van der Waals surface area contributed by atoms with Crippen molar-refractivity contribution in [3.63, 3.8) is 0 Å². The van der Waals surface area contributed by atoms with Crippen LogP contribution < -0.4 is 37.2 Å². The number of allylic oxidation sites excluding steroid dienone is 8. The molecule has 1 radical (unpaired) electrons. The molecule has 0 fully saturated rings. The van der Waals surface area contributed by atoms with Gasteiger partial charge in [-0.05, 0) is 30.6 Å². The van der Waals surface area contributed by atoms with E-state index in [-0.39, 0.29) is 63.4 Å². The van der Waals surface area contributed by atoms with Crippen molar-refractivity contribution in [2.45, 2.75) is 12.8 Å². The maximum absolute atomic E-state index is 8.93. The Kier molecular flexibility index (Phi) is 17.7. The van der Waals surface area contributed by atoms with Gasteiger partial charge in [0, 0.05) is 6.61 Å². The number of hydrogen-bond donors (Lipinski definition) is 1. The summed E-state index contributed by atoms with van der Waals surface area (Å²) in [7, 11) is 0. The SMILES string of the molecule is OCCCC(C1C=CC=C1)C1C=CC=C1.[Cl-].[Cl-].[Cl-].[Zr+3]. The fraction of sp³-hybridized carbons (Fsp3) is 0.429. The predicted molar refractivity (Wildman–Crippen MR) is 63.3 cm³/mol. The molecule has 19 heavy (non-hydrogen) atoms. The zero-order chi connectivity index (χ0) is 10.5. The molecule has 1 nitrogen and oxygen atoms in total. The first-order valence-electron chi connectivity index (χ1n) is 5.72. The van der Waals surface area contributed by atoms with E-state index in [1.807, 2.05) is 0 Å². The van der Waals surface area contributed by atoms with Crippen LogP contribution in [0.15, 0.2) is 48.6 Å². The Bertz CT molecular complexity index is 275. The first kappa shape index (κ1) is 24.7. The Labute approximate surface area is 153 Å². The summed E-state index contributed by atoms with van der Waals surface area (Å²) in [4.78, 5) is 0. The van der Waals surface area contributed by atoms with Crippen molar-refractivity contribution in [2.75, 3.05) is 6.61 Å². The van der Waals surface area contributed by atoms with Crippen molar-refractivity contribution in [1.29, 1.82) is 0 Å². The molecule has 2 aliphatic rings. The standard InChI is InChI=1S/C14H18O.3ClH.Zr/c15-11-5-10-14(12-6-1-2-7-12)13-8-3-4-9-13;;;;/h1-4,6-9,12-15H,5,10-11H2;3*1H;/q;;;;+3/p-3. The third-order valence-corrected chi connectivity index (χ3v) is 3.24. The van der Waals surface area contributed by atoms with Crippen LogP contribution >= 0.6 is 0 Å². The van der Waals surface area contributed by atoms with Gasteiger partial charge in [-0.2, -0.15) is 0 Å². The molecular weight excluding hydrogens is 382 g/mol. The molecule has 0 bridgehead atoms. The van der Waals surface area contributed by atoms with Gasteiger partial charge in [0.15, 0.2) is 0 Å². The summed E-state index contributed by atoms with van der Waals surface area (Å²) >= 11 is 0. The monoisotopic (exact) mass is 397 g/mol. The van der Waals surface area contributed by atoms with E-state index in [1.54, 1.807) is 0 Å². The van der Waals surface area contributed by atoms with Crippen LogP contribution in [0.3, 0.4) is 0 Å². The van der Waals surface area contributed by atoms with E-state index in [4.69, 9.17) is 5.11 Å². The van der Waals surface area contributed by atoms with Crippen LogP contribution in [0.2, 0.25) is 0 Å². The minimum absolute atomic E-state index is 0. The minimum atomic E-state index is 0. The van der Waals surface area contributed by atoms with Crippen molar-refractivity contribution < 1.29 is 68.5 Å². The normalized spacial score (nSPS) is 15.9. The van der Waals surface area contributed by atoms with E-state index in [9.17, 15) is 0 Å². The molecule has 0 spiro atoms. The number of hydrogen-bond acceptors (Lipinski definition) is 1. The summed E-state index contributed by atoms with van der Waals surface area (Å²) in [6.07, 6.45) is 19.6. The van der Waals surface area contributed by atoms with Crippen molar-refractivity contribution in [3.05, 3.63) is 48.6 Å². The molecule has 0 saturated carbocycles. The molecule has 0 atom stereocenters. The molecular formula is C14H18Cl3OZr. The van der Waals surface area contributed by atoms with E-state index >= 15 is 0 Å². The Morgan fingerprint density at radius 3 is 1.47 bits per heavy atom. The summed E-state index contributed by atoms with van der Waals surface area (Å²) < 4.78 is 0. The van der Waals surface area contributed by atoms with Gasteiger partial charge < -0.3 is 42.3 Å². The number of halogens is 3. The van der Waals surface area contributed by atoms with Gasteiger partial charge in [0.1, 0.15) is 0 Å². The number of aliphatic hydroxyl groups is 1. The summed E-state index contributed by atoms with van der Waals surface area (Å²) in [6.45, 7) is 0.302. The van der Waals surface area contributed by atoms with Gasteiger partial charge in [-0.15, -0.1) is 0 Å². The average molecular weight is 400 g/mol. The molecule has 0 heterocycles. The van der Waals surface area contributed by atoms with Gasteiger partial charge in [-0.1, -0.05) is 48.6 Å². The summed E-state index contributed by atoms with van der Waals surface area (Å²) in [6, 6.07) is 0. The second-order valence-electron chi connectivity index (χ2n) is 4.22. The van der Waals surface area contributed by atoms with Crippen molar-refractivity contribution >= 4 is 0 Å². The maximum Gasteiger partial charge on any atom is 3.00 e. The fourth-order valence-electron chi connectivity index (χ4n) is 2.44. The van der Waals surface area contributed by atoms with Crippen molar-refractivity contribution in [2.24, 2.45) is 17.8 Å². The first-order chi connectivity index (χ1) is 7.42. The maximum atomic E-state index is 8.93. The topological polar surface area (TPSA) is 20.2 Å². The molecule has 1 N–H and O–H groups in total.